The molecule has 3 rings (SSSR count). The van der Waals surface area contributed by atoms with Crippen LogP contribution in [-0.2, 0) is 0 Å². The zero-order chi connectivity index (χ0) is 18.0. The summed E-state index contributed by atoms with van der Waals surface area (Å²) in [5.41, 5.74) is 0.558. The first kappa shape index (κ1) is 17.2. The molecule has 0 saturated carbocycles. The summed E-state index contributed by atoms with van der Waals surface area (Å²) in [4.78, 5) is 21.1. The van der Waals surface area contributed by atoms with E-state index >= 15 is 0 Å². The highest BCUT2D eigenvalue weighted by Crippen LogP contribution is 2.29. The number of rotatable bonds is 4. The molecular weight excluding hydrogens is 324 g/mol. The number of nitrogens with zero attached hydrogens (tertiary/aromatic N) is 4. The average Bonchev–Trinajstić information content (AvgIpc) is 3.07. The molecule has 2 heterocycles. The van der Waals surface area contributed by atoms with Crippen molar-refractivity contribution in [2.75, 3.05) is 40.9 Å². The lowest BCUT2D eigenvalue weighted by Crippen LogP contribution is -2.49. The van der Waals surface area contributed by atoms with E-state index in [0.29, 0.717) is 41.9 Å². The second-order valence-corrected chi connectivity index (χ2v) is 6.00. The highest BCUT2D eigenvalue weighted by atomic mass is 16.5. The van der Waals surface area contributed by atoms with Crippen LogP contribution in [0.25, 0.3) is 0 Å². The maximum absolute atomic E-state index is 12.9. The first-order chi connectivity index (χ1) is 12.0. The molecule has 1 aliphatic heterocycles. The predicted octanol–water partition coefficient (Wildman–Crippen LogP) is 1.52. The third-order valence-electron chi connectivity index (χ3n) is 4.39. The molecule has 1 aromatic heterocycles. The lowest BCUT2D eigenvalue weighted by atomic mass is 10.1. The monoisotopic (exact) mass is 346 g/mol. The van der Waals surface area contributed by atoms with Gasteiger partial charge in [-0.3, -0.25) is 9.69 Å². The van der Waals surface area contributed by atoms with Crippen molar-refractivity contribution in [2.45, 2.75) is 13.0 Å². The molecular formula is C17H22N4O4. The molecule has 0 aliphatic carbocycles. The molecule has 1 amide bonds. The Hall–Kier alpha value is -2.61. The number of methoxy groups -OCH3 is 2. The van der Waals surface area contributed by atoms with E-state index in [1.165, 1.54) is 0 Å². The maximum atomic E-state index is 12.9. The van der Waals surface area contributed by atoms with Crippen LogP contribution < -0.4 is 9.47 Å². The molecule has 1 atom stereocenters. The van der Waals surface area contributed by atoms with Gasteiger partial charge in [-0.2, -0.15) is 4.98 Å². The summed E-state index contributed by atoms with van der Waals surface area (Å²) in [6.45, 7) is 3.63. The van der Waals surface area contributed by atoms with Gasteiger partial charge in [-0.15, -0.1) is 0 Å². The summed E-state index contributed by atoms with van der Waals surface area (Å²) < 4.78 is 15.8. The number of carbonyl (C=O) groups excluding carboxylic acids is 1. The molecule has 25 heavy (non-hydrogen) atoms. The molecule has 8 nitrogen and oxygen atoms in total. The second kappa shape index (κ2) is 7.10. The maximum Gasteiger partial charge on any atom is 0.254 e. The van der Waals surface area contributed by atoms with Gasteiger partial charge in [-0.25, -0.2) is 0 Å². The Kier molecular flexibility index (Phi) is 4.89. The van der Waals surface area contributed by atoms with Gasteiger partial charge in [0, 0.05) is 25.2 Å². The smallest absolute Gasteiger partial charge is 0.254 e. The number of benzene rings is 1. The molecule has 0 bridgehead atoms. The van der Waals surface area contributed by atoms with E-state index in [1.807, 2.05) is 7.05 Å². The van der Waals surface area contributed by atoms with Gasteiger partial charge >= 0.3 is 0 Å². The van der Waals surface area contributed by atoms with E-state index in [0.717, 1.165) is 6.54 Å². The number of likely N-dealkylation sites (N-methyl/N-ethyl adjacent to an activating group) is 1. The van der Waals surface area contributed by atoms with Gasteiger partial charge in [-0.05, 0) is 32.2 Å². The number of amides is 1. The fraction of sp³-hybridized carbons (Fsp3) is 0.471. The van der Waals surface area contributed by atoms with E-state index in [4.69, 9.17) is 14.0 Å². The lowest BCUT2D eigenvalue weighted by Gasteiger charge is -2.37. The summed E-state index contributed by atoms with van der Waals surface area (Å²) in [5.74, 6) is 2.19. The molecule has 1 saturated heterocycles. The van der Waals surface area contributed by atoms with Crippen molar-refractivity contribution in [1.82, 2.24) is 19.9 Å². The van der Waals surface area contributed by atoms with E-state index in [2.05, 4.69) is 15.0 Å². The Morgan fingerprint density at radius 2 is 2.00 bits per heavy atom. The Morgan fingerprint density at radius 1 is 1.24 bits per heavy atom. The Balaban J connectivity index is 1.80. The molecule has 1 aromatic carbocycles. The molecule has 134 valence electrons. The first-order valence-corrected chi connectivity index (χ1v) is 8.05. The van der Waals surface area contributed by atoms with E-state index in [9.17, 15) is 4.79 Å². The van der Waals surface area contributed by atoms with Gasteiger partial charge in [-0.1, -0.05) is 5.16 Å². The van der Waals surface area contributed by atoms with Crippen molar-refractivity contribution in [3.63, 3.8) is 0 Å². The van der Waals surface area contributed by atoms with Crippen LogP contribution in [0.3, 0.4) is 0 Å². The Labute approximate surface area is 146 Å². The highest BCUT2D eigenvalue weighted by molar-refractivity contribution is 5.95. The van der Waals surface area contributed by atoms with Gasteiger partial charge in [0.25, 0.3) is 5.91 Å². The van der Waals surface area contributed by atoms with Crippen molar-refractivity contribution in [3.8, 4) is 11.5 Å². The molecule has 0 radical (unpaired) electrons. The minimum Gasteiger partial charge on any atom is -0.493 e. The van der Waals surface area contributed by atoms with Crippen molar-refractivity contribution in [1.29, 1.82) is 0 Å². The molecule has 1 fully saturated rings. The average molecular weight is 346 g/mol. The molecule has 0 spiro atoms. The minimum absolute atomic E-state index is 0.0599. The van der Waals surface area contributed by atoms with E-state index in [1.54, 1.807) is 44.2 Å². The van der Waals surface area contributed by atoms with Gasteiger partial charge in [0.15, 0.2) is 17.3 Å². The third kappa shape index (κ3) is 3.43. The quantitative estimate of drug-likeness (QED) is 0.830. The zero-order valence-corrected chi connectivity index (χ0v) is 14.9. The zero-order valence-electron chi connectivity index (χ0n) is 14.9. The first-order valence-electron chi connectivity index (χ1n) is 8.05. The van der Waals surface area contributed by atoms with Gasteiger partial charge in [0.05, 0.1) is 14.2 Å². The molecule has 8 heteroatoms. The summed E-state index contributed by atoms with van der Waals surface area (Å²) in [6, 6.07) is 5.07. The van der Waals surface area contributed by atoms with E-state index in [-0.39, 0.29) is 11.9 Å². The number of carbonyl (C=O) groups is 1. The van der Waals surface area contributed by atoms with Crippen LogP contribution in [0, 0.1) is 6.92 Å². The van der Waals surface area contributed by atoms with Crippen molar-refractivity contribution in [2.24, 2.45) is 0 Å². The molecule has 0 N–H and O–H groups in total. The number of piperazine rings is 1. The van der Waals surface area contributed by atoms with Gasteiger partial charge < -0.3 is 18.9 Å². The molecule has 0 unspecified atom stereocenters. The Morgan fingerprint density at radius 3 is 2.64 bits per heavy atom. The lowest BCUT2D eigenvalue weighted by molar-refractivity contribution is 0.0488. The number of ether oxygens (including phenoxy) is 2. The molecule has 1 aliphatic rings. The number of aromatic nitrogens is 2. The van der Waals surface area contributed by atoms with Crippen LogP contribution in [0.5, 0.6) is 11.5 Å². The van der Waals surface area contributed by atoms with Crippen molar-refractivity contribution in [3.05, 3.63) is 35.5 Å². The fourth-order valence-electron chi connectivity index (χ4n) is 2.93. The third-order valence-corrected chi connectivity index (χ3v) is 4.39. The minimum atomic E-state index is -0.112. The number of hydrogen-bond acceptors (Lipinski definition) is 7. The normalized spacial score (nSPS) is 18.2. The van der Waals surface area contributed by atoms with E-state index < -0.39 is 0 Å². The molecule has 2 aromatic rings. The standard InChI is InChI=1S/C17H22N4O4/c1-11-18-16(25-19-11)13-10-21(8-7-20(13)2)17(22)12-5-6-14(23-3)15(9-12)24-4/h5-6,9,13H,7-8,10H2,1-4H3/t13-/m1/s1. The second-order valence-electron chi connectivity index (χ2n) is 6.00. The van der Waals surface area contributed by atoms with Crippen LogP contribution in [-0.4, -0.2) is 66.7 Å². The van der Waals surface area contributed by atoms with Crippen molar-refractivity contribution >= 4 is 5.91 Å². The van der Waals surface area contributed by atoms with Crippen LogP contribution in [0.1, 0.15) is 28.1 Å². The van der Waals surface area contributed by atoms with Crippen LogP contribution in [0.15, 0.2) is 22.7 Å². The largest absolute Gasteiger partial charge is 0.493 e. The SMILES string of the molecule is COc1ccc(C(=O)N2CCN(C)[C@@H](c3nc(C)no3)C2)cc1OC. The van der Waals surface area contributed by atoms with Crippen LogP contribution >= 0.6 is 0 Å². The van der Waals surface area contributed by atoms with Gasteiger partial charge in [0.1, 0.15) is 6.04 Å². The highest BCUT2D eigenvalue weighted by Gasteiger charge is 2.32. The topological polar surface area (TPSA) is 80.9 Å². The summed E-state index contributed by atoms with van der Waals surface area (Å²) in [7, 11) is 5.11. The predicted molar refractivity (Wildman–Crippen MR) is 89.9 cm³/mol. The Bertz CT molecular complexity index is 761. The number of hydrogen-bond donors (Lipinski definition) is 0. The van der Waals surface area contributed by atoms with Crippen molar-refractivity contribution < 1.29 is 18.8 Å². The number of aryl methyl sites for hydroxylation is 1. The summed E-state index contributed by atoms with van der Waals surface area (Å²) in [6.07, 6.45) is 0. The van der Waals surface area contributed by atoms with Crippen LogP contribution in [0.4, 0.5) is 0 Å². The fourth-order valence-corrected chi connectivity index (χ4v) is 2.93. The summed E-state index contributed by atoms with van der Waals surface area (Å²) >= 11 is 0. The van der Waals surface area contributed by atoms with Crippen LogP contribution in [0.2, 0.25) is 0 Å². The summed E-state index contributed by atoms with van der Waals surface area (Å²) in [5, 5.41) is 3.85. The van der Waals surface area contributed by atoms with Gasteiger partial charge in [0.2, 0.25) is 5.89 Å².